The summed E-state index contributed by atoms with van der Waals surface area (Å²) in [4.78, 5) is 25.5. The number of benzene rings is 2. The van der Waals surface area contributed by atoms with Crippen molar-refractivity contribution in [2.45, 2.75) is 37.5 Å². The van der Waals surface area contributed by atoms with Gasteiger partial charge in [-0.25, -0.2) is 9.59 Å². The minimum Gasteiger partial charge on any atom is -0.480 e. The standard InChI is InChI=1S/C24H27NO6/c1-25(21(23(26)27)15-30-22-12-6-7-13-29-22)24(28)31-14-20-18-10-4-2-8-16(18)17-9-3-5-11-19(17)20/h2-5,8-11,20-22H,6-7,12-15H2,1H3,(H,26,27)/t21-,22-/m0/s1. The maximum absolute atomic E-state index is 12.7. The van der Waals surface area contributed by atoms with E-state index in [1.54, 1.807) is 0 Å². The predicted molar refractivity (Wildman–Crippen MR) is 114 cm³/mol. The summed E-state index contributed by atoms with van der Waals surface area (Å²) in [6.07, 6.45) is 1.56. The predicted octanol–water partition coefficient (Wildman–Crippen LogP) is 3.86. The molecule has 1 aliphatic heterocycles. The summed E-state index contributed by atoms with van der Waals surface area (Å²) < 4.78 is 16.6. The molecule has 0 aromatic heterocycles. The van der Waals surface area contributed by atoms with E-state index in [9.17, 15) is 14.7 Å². The summed E-state index contributed by atoms with van der Waals surface area (Å²) in [5, 5.41) is 9.59. The molecule has 1 heterocycles. The van der Waals surface area contributed by atoms with Gasteiger partial charge in [-0.2, -0.15) is 0 Å². The molecular formula is C24H27NO6. The van der Waals surface area contributed by atoms with Crippen molar-refractivity contribution in [2.24, 2.45) is 0 Å². The van der Waals surface area contributed by atoms with Crippen LogP contribution in [0.15, 0.2) is 48.5 Å². The number of carboxylic acid groups (broad SMARTS) is 1. The fourth-order valence-electron chi connectivity index (χ4n) is 4.21. The van der Waals surface area contributed by atoms with Crippen LogP contribution in [0.3, 0.4) is 0 Å². The summed E-state index contributed by atoms with van der Waals surface area (Å²) in [6, 6.07) is 15.0. The van der Waals surface area contributed by atoms with Crippen LogP contribution >= 0.6 is 0 Å². The van der Waals surface area contributed by atoms with E-state index in [-0.39, 0.29) is 19.1 Å². The molecule has 1 saturated heterocycles. The largest absolute Gasteiger partial charge is 0.480 e. The lowest BCUT2D eigenvalue weighted by molar-refractivity contribution is -0.176. The van der Waals surface area contributed by atoms with E-state index in [4.69, 9.17) is 14.2 Å². The van der Waals surface area contributed by atoms with Crippen LogP contribution in [0.1, 0.15) is 36.3 Å². The Kier molecular flexibility index (Phi) is 6.53. The van der Waals surface area contributed by atoms with Gasteiger partial charge in [0.25, 0.3) is 0 Å². The van der Waals surface area contributed by atoms with Crippen molar-refractivity contribution in [3.63, 3.8) is 0 Å². The zero-order chi connectivity index (χ0) is 21.8. The quantitative estimate of drug-likeness (QED) is 0.725. The second-order valence-corrected chi connectivity index (χ2v) is 7.90. The first-order valence-electron chi connectivity index (χ1n) is 10.6. The average Bonchev–Trinajstić information content (AvgIpc) is 3.11. The van der Waals surface area contributed by atoms with Crippen molar-refractivity contribution < 1.29 is 28.9 Å². The molecule has 1 fully saturated rings. The minimum atomic E-state index is -1.15. The molecule has 0 unspecified atom stereocenters. The first-order valence-corrected chi connectivity index (χ1v) is 10.6. The molecule has 7 nitrogen and oxygen atoms in total. The lowest BCUT2D eigenvalue weighted by atomic mass is 9.98. The molecular weight excluding hydrogens is 398 g/mol. The highest BCUT2D eigenvalue weighted by atomic mass is 16.7. The summed E-state index contributed by atoms with van der Waals surface area (Å²) >= 11 is 0. The molecule has 4 rings (SSSR count). The maximum Gasteiger partial charge on any atom is 0.410 e. The number of hydrogen-bond donors (Lipinski definition) is 1. The molecule has 2 aromatic carbocycles. The van der Waals surface area contributed by atoms with Crippen LogP contribution in [0, 0.1) is 0 Å². The SMILES string of the molecule is CN(C(=O)OCC1c2ccccc2-c2ccccc21)[C@@H](CO[C@H]1CCCCO1)C(=O)O. The number of amides is 1. The van der Waals surface area contributed by atoms with Crippen LogP contribution in [0.4, 0.5) is 4.79 Å². The molecule has 0 saturated carbocycles. The third kappa shape index (κ3) is 4.57. The van der Waals surface area contributed by atoms with Crippen molar-refractivity contribution in [2.75, 3.05) is 26.9 Å². The van der Waals surface area contributed by atoms with Crippen molar-refractivity contribution in [1.82, 2.24) is 4.90 Å². The van der Waals surface area contributed by atoms with Crippen LogP contribution in [0.5, 0.6) is 0 Å². The zero-order valence-corrected chi connectivity index (χ0v) is 17.5. The molecule has 2 aliphatic rings. The minimum absolute atomic E-state index is 0.0834. The number of carbonyl (C=O) groups excluding carboxylic acids is 1. The third-order valence-corrected chi connectivity index (χ3v) is 5.95. The number of hydrogen-bond acceptors (Lipinski definition) is 5. The van der Waals surface area contributed by atoms with Gasteiger partial charge in [0.2, 0.25) is 0 Å². The van der Waals surface area contributed by atoms with Gasteiger partial charge in [0, 0.05) is 19.6 Å². The van der Waals surface area contributed by atoms with E-state index >= 15 is 0 Å². The Bertz CT molecular complexity index is 894. The van der Waals surface area contributed by atoms with Crippen LogP contribution in [0.25, 0.3) is 11.1 Å². The molecule has 1 aliphatic carbocycles. The molecule has 0 bridgehead atoms. The molecule has 0 radical (unpaired) electrons. The van der Waals surface area contributed by atoms with Crippen LogP contribution in [-0.4, -0.2) is 61.3 Å². The van der Waals surface area contributed by atoms with Crippen molar-refractivity contribution in [3.8, 4) is 11.1 Å². The Labute approximate surface area is 181 Å². The van der Waals surface area contributed by atoms with Crippen LogP contribution < -0.4 is 0 Å². The molecule has 2 aromatic rings. The molecule has 2 atom stereocenters. The fraction of sp³-hybridized carbons (Fsp3) is 0.417. The van der Waals surface area contributed by atoms with Crippen molar-refractivity contribution >= 4 is 12.1 Å². The number of carbonyl (C=O) groups is 2. The molecule has 0 spiro atoms. The number of fused-ring (bicyclic) bond motifs is 3. The Morgan fingerprint density at radius 3 is 2.32 bits per heavy atom. The number of ether oxygens (including phenoxy) is 3. The van der Waals surface area contributed by atoms with E-state index in [0.717, 1.165) is 46.4 Å². The first-order chi connectivity index (χ1) is 15.1. The fourth-order valence-corrected chi connectivity index (χ4v) is 4.21. The zero-order valence-electron chi connectivity index (χ0n) is 17.5. The molecule has 1 amide bonds. The Balaban J connectivity index is 1.39. The monoisotopic (exact) mass is 425 g/mol. The number of likely N-dealkylation sites (N-methyl/N-ethyl adjacent to an activating group) is 1. The first kappa shape index (κ1) is 21.3. The van der Waals surface area contributed by atoms with Gasteiger partial charge in [-0.15, -0.1) is 0 Å². The number of rotatable bonds is 7. The van der Waals surface area contributed by atoms with Gasteiger partial charge < -0.3 is 19.3 Å². The summed E-state index contributed by atoms with van der Waals surface area (Å²) in [5.74, 6) is -1.23. The number of carboxylic acids is 1. The smallest absolute Gasteiger partial charge is 0.410 e. The van der Waals surface area contributed by atoms with E-state index < -0.39 is 24.4 Å². The summed E-state index contributed by atoms with van der Waals surface area (Å²) in [6.45, 7) is 0.585. The van der Waals surface area contributed by atoms with Crippen molar-refractivity contribution in [1.29, 1.82) is 0 Å². The third-order valence-electron chi connectivity index (χ3n) is 5.95. The lowest BCUT2D eigenvalue weighted by Crippen LogP contribution is -2.46. The molecule has 1 N–H and O–H groups in total. The van der Waals surface area contributed by atoms with E-state index in [0.29, 0.717) is 6.61 Å². The number of aliphatic carboxylic acids is 1. The van der Waals surface area contributed by atoms with Gasteiger partial charge in [-0.3, -0.25) is 4.90 Å². The van der Waals surface area contributed by atoms with Crippen LogP contribution in [-0.2, 0) is 19.0 Å². The van der Waals surface area contributed by atoms with Crippen LogP contribution in [0.2, 0.25) is 0 Å². The lowest BCUT2D eigenvalue weighted by Gasteiger charge is -2.28. The molecule has 31 heavy (non-hydrogen) atoms. The van der Waals surface area contributed by atoms with Gasteiger partial charge in [0.1, 0.15) is 6.61 Å². The summed E-state index contributed by atoms with van der Waals surface area (Å²) in [7, 11) is 1.42. The van der Waals surface area contributed by atoms with E-state index in [2.05, 4.69) is 12.1 Å². The average molecular weight is 425 g/mol. The Hall–Kier alpha value is -2.90. The van der Waals surface area contributed by atoms with E-state index in [1.807, 2.05) is 36.4 Å². The highest BCUT2D eigenvalue weighted by Gasteiger charge is 2.32. The van der Waals surface area contributed by atoms with E-state index in [1.165, 1.54) is 7.05 Å². The van der Waals surface area contributed by atoms with Crippen molar-refractivity contribution in [3.05, 3.63) is 59.7 Å². The van der Waals surface area contributed by atoms with Gasteiger partial charge in [0.15, 0.2) is 12.3 Å². The maximum atomic E-state index is 12.7. The Morgan fingerprint density at radius 1 is 1.10 bits per heavy atom. The number of nitrogens with zero attached hydrogens (tertiary/aromatic N) is 1. The van der Waals surface area contributed by atoms with Gasteiger partial charge in [-0.05, 0) is 41.5 Å². The second kappa shape index (κ2) is 9.49. The normalized spacial score (nSPS) is 18.7. The second-order valence-electron chi connectivity index (χ2n) is 7.90. The van der Waals surface area contributed by atoms with Gasteiger partial charge in [-0.1, -0.05) is 48.5 Å². The molecule has 164 valence electrons. The van der Waals surface area contributed by atoms with Gasteiger partial charge in [0.05, 0.1) is 6.61 Å². The topological polar surface area (TPSA) is 85.3 Å². The highest BCUT2D eigenvalue weighted by molar-refractivity contribution is 5.81. The Morgan fingerprint density at radius 2 is 1.74 bits per heavy atom. The summed E-state index contributed by atoms with van der Waals surface area (Å²) in [5.41, 5.74) is 4.48. The van der Waals surface area contributed by atoms with Gasteiger partial charge >= 0.3 is 12.1 Å². The highest BCUT2D eigenvalue weighted by Crippen LogP contribution is 2.44. The molecule has 7 heteroatoms.